The van der Waals surface area contributed by atoms with Crippen LogP contribution in [0.4, 0.5) is 24.5 Å². The lowest BCUT2D eigenvalue weighted by molar-refractivity contribution is -0.149. The number of ether oxygens (including phenoxy) is 1. The highest BCUT2D eigenvalue weighted by Gasteiger charge is 2.51. The van der Waals surface area contributed by atoms with Crippen molar-refractivity contribution in [2.24, 2.45) is 11.8 Å². The van der Waals surface area contributed by atoms with Crippen molar-refractivity contribution in [3.8, 4) is 0 Å². The van der Waals surface area contributed by atoms with Gasteiger partial charge in [0.15, 0.2) is 0 Å². The molecule has 1 saturated heterocycles. The predicted molar refractivity (Wildman–Crippen MR) is 163 cm³/mol. The average Bonchev–Trinajstić information content (AvgIpc) is 3.03. The van der Waals surface area contributed by atoms with Gasteiger partial charge in [0.25, 0.3) is 0 Å². The summed E-state index contributed by atoms with van der Waals surface area (Å²) in [5.41, 5.74) is 2.97. The zero-order valence-corrected chi connectivity index (χ0v) is 24.9. The van der Waals surface area contributed by atoms with Gasteiger partial charge in [-0.1, -0.05) is 36.4 Å². The number of halogens is 3. The van der Waals surface area contributed by atoms with Crippen LogP contribution in [0.15, 0.2) is 72.8 Å². The summed E-state index contributed by atoms with van der Waals surface area (Å²) >= 11 is 0. The molecule has 3 aliphatic rings. The van der Waals surface area contributed by atoms with Crippen molar-refractivity contribution in [1.82, 2.24) is 4.90 Å². The van der Waals surface area contributed by atoms with Crippen molar-refractivity contribution >= 4 is 23.2 Å². The van der Waals surface area contributed by atoms with Crippen LogP contribution in [0.1, 0.15) is 48.4 Å². The van der Waals surface area contributed by atoms with E-state index < -0.39 is 17.3 Å². The smallest absolute Gasteiger partial charge is 0.378 e. The molecule has 2 amide bonds. The van der Waals surface area contributed by atoms with Crippen molar-refractivity contribution < 1.29 is 27.5 Å². The van der Waals surface area contributed by atoms with Crippen LogP contribution >= 0.6 is 0 Å². The van der Waals surface area contributed by atoms with E-state index in [4.69, 9.17) is 4.74 Å². The minimum absolute atomic E-state index is 0.0465. The van der Waals surface area contributed by atoms with Gasteiger partial charge in [0.05, 0.1) is 18.8 Å². The number of anilines is 2. The number of carbonyl (C=O) groups excluding carboxylic acids is 2. The second-order valence-electron chi connectivity index (χ2n) is 12.4. The van der Waals surface area contributed by atoms with Crippen molar-refractivity contribution in [1.29, 1.82) is 0 Å². The lowest BCUT2D eigenvalue weighted by atomic mass is 9.62. The quantitative estimate of drug-likeness (QED) is 0.349. The normalized spacial score (nSPS) is 23.3. The first-order valence-corrected chi connectivity index (χ1v) is 15.4. The maximum absolute atomic E-state index is 14.4. The van der Waals surface area contributed by atoms with E-state index in [9.17, 15) is 22.8 Å². The average molecular weight is 606 g/mol. The number of morpholine rings is 1. The molecule has 2 fully saturated rings. The number of amides is 2. The van der Waals surface area contributed by atoms with Crippen LogP contribution in [0.2, 0.25) is 0 Å². The molecule has 0 unspecified atom stereocenters. The van der Waals surface area contributed by atoms with Crippen LogP contribution in [-0.2, 0) is 39.9 Å². The Morgan fingerprint density at radius 2 is 1.57 bits per heavy atom. The lowest BCUT2D eigenvalue weighted by Crippen LogP contribution is -2.61. The summed E-state index contributed by atoms with van der Waals surface area (Å²) in [4.78, 5) is 31.6. The fourth-order valence-corrected chi connectivity index (χ4v) is 7.33. The predicted octanol–water partition coefficient (Wildman–Crippen LogP) is 6.48. The number of benzene rings is 3. The van der Waals surface area contributed by atoms with E-state index in [1.807, 2.05) is 30.3 Å². The Balaban J connectivity index is 1.30. The highest BCUT2D eigenvalue weighted by molar-refractivity contribution is 6.00. The van der Waals surface area contributed by atoms with Crippen molar-refractivity contribution in [2.75, 3.05) is 36.5 Å². The fourth-order valence-electron chi connectivity index (χ4n) is 7.33. The van der Waals surface area contributed by atoms with E-state index in [1.165, 1.54) is 30.2 Å². The van der Waals surface area contributed by atoms with E-state index in [1.54, 1.807) is 4.90 Å². The number of nitrogens with zero attached hydrogens (tertiary/aromatic N) is 2. The van der Waals surface area contributed by atoms with E-state index in [0.717, 1.165) is 50.2 Å². The molecule has 1 N–H and O–H groups in total. The third-order valence-corrected chi connectivity index (χ3v) is 9.72. The van der Waals surface area contributed by atoms with Gasteiger partial charge in [-0.15, -0.1) is 0 Å². The molecule has 3 atom stereocenters. The standard InChI is InChI=1S/C35H38F3N3O3/c1-24(42)41(23-25-6-8-30(9-7-25)35(36,37)38)34(15-14-28-20-26-4-2-3-5-27(26)21-29(28)22-34)33(43)39-31-10-12-32(13-11-31)40-16-18-44-19-17-40/h2-13,28-29H,14-23H2,1H3,(H,39,43)/t28-,29-,34-/m1/s1. The van der Waals surface area contributed by atoms with Gasteiger partial charge in [0, 0.05) is 37.9 Å². The highest BCUT2D eigenvalue weighted by Crippen LogP contribution is 2.47. The minimum Gasteiger partial charge on any atom is -0.378 e. The molecule has 44 heavy (non-hydrogen) atoms. The molecule has 232 valence electrons. The zero-order chi connectivity index (χ0) is 30.9. The summed E-state index contributed by atoms with van der Waals surface area (Å²) in [5.74, 6) is 0.0643. The van der Waals surface area contributed by atoms with Gasteiger partial charge in [-0.25, -0.2) is 0 Å². The molecule has 3 aromatic carbocycles. The second kappa shape index (κ2) is 12.3. The van der Waals surface area contributed by atoms with Gasteiger partial charge < -0.3 is 19.9 Å². The van der Waals surface area contributed by atoms with Crippen LogP contribution in [-0.4, -0.2) is 48.6 Å². The summed E-state index contributed by atoms with van der Waals surface area (Å²) in [7, 11) is 0. The Labute approximate surface area is 256 Å². The number of carbonyl (C=O) groups is 2. The molecule has 3 aromatic rings. The molecular formula is C35H38F3N3O3. The van der Waals surface area contributed by atoms with Crippen LogP contribution < -0.4 is 10.2 Å². The van der Waals surface area contributed by atoms with Crippen LogP contribution in [0.3, 0.4) is 0 Å². The Kier molecular flexibility index (Phi) is 8.42. The Bertz CT molecular complexity index is 1490. The molecule has 0 aromatic heterocycles. The summed E-state index contributed by atoms with van der Waals surface area (Å²) in [6.45, 7) is 4.44. The fraction of sp³-hybridized carbons (Fsp3) is 0.429. The van der Waals surface area contributed by atoms with Gasteiger partial charge in [0.2, 0.25) is 11.8 Å². The van der Waals surface area contributed by atoms with Crippen LogP contribution in [0, 0.1) is 11.8 Å². The van der Waals surface area contributed by atoms with Crippen LogP contribution in [0.5, 0.6) is 0 Å². The molecule has 0 spiro atoms. The Morgan fingerprint density at radius 1 is 0.932 bits per heavy atom. The SMILES string of the molecule is CC(=O)N(Cc1ccc(C(F)(F)F)cc1)[C@]1(C(=O)Nc2ccc(N3CCOCC3)cc2)CC[C@@H]2Cc3ccccc3C[C@@H]2C1. The molecule has 0 bridgehead atoms. The number of rotatable bonds is 6. The van der Waals surface area contributed by atoms with Gasteiger partial charge >= 0.3 is 6.18 Å². The Morgan fingerprint density at radius 3 is 2.18 bits per heavy atom. The van der Waals surface area contributed by atoms with E-state index in [-0.39, 0.29) is 24.3 Å². The molecule has 1 aliphatic heterocycles. The van der Waals surface area contributed by atoms with Gasteiger partial charge in [-0.05, 0) is 97.0 Å². The molecule has 6 nitrogen and oxygen atoms in total. The maximum Gasteiger partial charge on any atom is 0.416 e. The van der Waals surface area contributed by atoms with Crippen molar-refractivity contribution in [3.05, 3.63) is 95.1 Å². The molecule has 9 heteroatoms. The largest absolute Gasteiger partial charge is 0.416 e. The number of alkyl halides is 3. The number of nitrogens with one attached hydrogen (secondary N) is 1. The number of hydrogen-bond donors (Lipinski definition) is 1. The summed E-state index contributed by atoms with van der Waals surface area (Å²) in [6.07, 6.45) is -0.930. The molecule has 1 saturated carbocycles. The topological polar surface area (TPSA) is 61.9 Å². The Hall–Kier alpha value is -3.85. The van der Waals surface area contributed by atoms with Gasteiger partial charge in [-0.2, -0.15) is 13.2 Å². The van der Waals surface area contributed by atoms with Gasteiger partial charge in [0.1, 0.15) is 5.54 Å². The second-order valence-corrected chi connectivity index (χ2v) is 12.4. The lowest BCUT2D eigenvalue weighted by Gasteiger charge is -2.50. The third-order valence-electron chi connectivity index (χ3n) is 9.72. The number of hydrogen-bond acceptors (Lipinski definition) is 4. The first-order valence-electron chi connectivity index (χ1n) is 15.4. The van der Waals surface area contributed by atoms with E-state index in [0.29, 0.717) is 43.2 Å². The van der Waals surface area contributed by atoms with Gasteiger partial charge in [-0.3, -0.25) is 9.59 Å². The van der Waals surface area contributed by atoms with Crippen molar-refractivity contribution in [3.63, 3.8) is 0 Å². The van der Waals surface area contributed by atoms with E-state index in [2.05, 4.69) is 28.4 Å². The highest BCUT2D eigenvalue weighted by atomic mass is 19.4. The maximum atomic E-state index is 14.4. The molecule has 1 heterocycles. The van der Waals surface area contributed by atoms with E-state index >= 15 is 0 Å². The minimum atomic E-state index is -4.45. The summed E-state index contributed by atoms with van der Waals surface area (Å²) in [5, 5.41) is 3.12. The summed E-state index contributed by atoms with van der Waals surface area (Å²) < 4.78 is 45.2. The molecule has 6 rings (SSSR count). The molecule has 0 radical (unpaired) electrons. The summed E-state index contributed by atoms with van der Waals surface area (Å²) in [6, 6.07) is 21.0. The molecule has 2 aliphatic carbocycles. The number of fused-ring (bicyclic) bond motifs is 2. The zero-order valence-electron chi connectivity index (χ0n) is 24.9. The monoisotopic (exact) mass is 605 g/mol. The first-order chi connectivity index (χ1) is 21.1. The van der Waals surface area contributed by atoms with Crippen molar-refractivity contribution in [2.45, 2.75) is 57.3 Å². The third kappa shape index (κ3) is 6.20. The first kappa shape index (κ1) is 30.2. The van der Waals surface area contributed by atoms with Crippen LogP contribution in [0.25, 0.3) is 0 Å². The molecular weight excluding hydrogens is 567 g/mol.